The molecule has 0 aliphatic carbocycles. The van der Waals surface area contributed by atoms with Gasteiger partial charge in [-0.25, -0.2) is 8.42 Å². The Labute approximate surface area is 118 Å². The predicted octanol–water partition coefficient (Wildman–Crippen LogP) is 1.29. The summed E-state index contributed by atoms with van der Waals surface area (Å²) in [4.78, 5) is 15.3. The number of carbonyl (C=O) groups excluding carboxylic acids is 1. The Morgan fingerprint density at radius 1 is 1.25 bits per heavy atom. The van der Waals surface area contributed by atoms with Crippen LogP contribution in [0.4, 0.5) is 0 Å². The lowest BCUT2D eigenvalue weighted by molar-refractivity contribution is 0.0724. The van der Waals surface area contributed by atoms with Gasteiger partial charge in [-0.05, 0) is 43.9 Å². The standard InChI is InChI=1S/C13H18N2O4S/c1-10-5-6-11(9-12(10)20(18,19)14-17)13(16)15-7-3-2-4-8-15/h5-6,9,14,17H,2-4,7-8H2,1H3. The Kier molecular flexibility index (Phi) is 4.42. The number of piperidine rings is 1. The lowest BCUT2D eigenvalue weighted by Gasteiger charge is -2.27. The fourth-order valence-electron chi connectivity index (χ4n) is 2.35. The predicted molar refractivity (Wildman–Crippen MR) is 73.0 cm³/mol. The van der Waals surface area contributed by atoms with Crippen LogP contribution in [0.5, 0.6) is 0 Å². The Balaban J connectivity index is 2.34. The van der Waals surface area contributed by atoms with E-state index in [1.54, 1.807) is 24.0 Å². The first-order chi connectivity index (χ1) is 9.45. The number of nitrogens with one attached hydrogen (secondary N) is 1. The molecule has 1 aromatic rings. The Bertz CT molecular complexity index is 607. The summed E-state index contributed by atoms with van der Waals surface area (Å²) in [5.41, 5.74) is 0.799. The molecule has 0 spiro atoms. The SMILES string of the molecule is Cc1ccc(C(=O)N2CCCCC2)cc1S(=O)(=O)NO. The highest BCUT2D eigenvalue weighted by Gasteiger charge is 2.22. The maximum atomic E-state index is 12.3. The summed E-state index contributed by atoms with van der Waals surface area (Å²) in [6.45, 7) is 3.01. The topological polar surface area (TPSA) is 86.7 Å². The second kappa shape index (κ2) is 5.90. The number of aryl methyl sites for hydroxylation is 1. The van der Waals surface area contributed by atoms with Gasteiger partial charge < -0.3 is 10.1 Å². The largest absolute Gasteiger partial charge is 0.339 e. The van der Waals surface area contributed by atoms with Crippen LogP contribution in [0.3, 0.4) is 0 Å². The molecule has 0 aromatic heterocycles. The highest BCUT2D eigenvalue weighted by molar-refractivity contribution is 7.89. The smallest absolute Gasteiger partial charge is 0.262 e. The zero-order chi connectivity index (χ0) is 14.8. The first-order valence-corrected chi connectivity index (χ1v) is 8.00. The summed E-state index contributed by atoms with van der Waals surface area (Å²) < 4.78 is 23.4. The molecule has 0 bridgehead atoms. The summed E-state index contributed by atoms with van der Waals surface area (Å²) in [7, 11) is -3.98. The second-order valence-corrected chi connectivity index (χ2v) is 6.56. The van der Waals surface area contributed by atoms with Crippen molar-refractivity contribution in [2.75, 3.05) is 13.1 Å². The average molecular weight is 298 g/mol. The Morgan fingerprint density at radius 3 is 2.50 bits per heavy atom. The summed E-state index contributed by atoms with van der Waals surface area (Å²) in [6.07, 6.45) is 3.06. The quantitative estimate of drug-likeness (QED) is 0.823. The normalized spacial score (nSPS) is 16.2. The van der Waals surface area contributed by atoms with Crippen molar-refractivity contribution >= 4 is 15.9 Å². The van der Waals surface area contributed by atoms with Gasteiger partial charge in [-0.1, -0.05) is 11.0 Å². The number of sulfonamides is 1. The van der Waals surface area contributed by atoms with E-state index in [0.29, 0.717) is 24.2 Å². The van der Waals surface area contributed by atoms with Crippen molar-refractivity contribution in [1.82, 2.24) is 9.79 Å². The third-order valence-electron chi connectivity index (χ3n) is 3.49. The van der Waals surface area contributed by atoms with Gasteiger partial charge in [0, 0.05) is 18.7 Å². The maximum absolute atomic E-state index is 12.3. The first-order valence-electron chi connectivity index (χ1n) is 6.51. The molecular formula is C13H18N2O4S. The van der Waals surface area contributed by atoms with Gasteiger partial charge in [-0.3, -0.25) is 4.79 Å². The van der Waals surface area contributed by atoms with Gasteiger partial charge in [0.05, 0.1) is 4.90 Å². The molecule has 0 radical (unpaired) electrons. The van der Waals surface area contributed by atoms with Crippen molar-refractivity contribution in [3.05, 3.63) is 29.3 Å². The molecule has 1 aliphatic rings. The lowest BCUT2D eigenvalue weighted by Crippen LogP contribution is -2.35. The van der Waals surface area contributed by atoms with Gasteiger partial charge in [0.1, 0.15) is 0 Å². The number of hydrogen-bond acceptors (Lipinski definition) is 4. The van der Waals surface area contributed by atoms with Crippen molar-refractivity contribution in [3.8, 4) is 0 Å². The molecule has 20 heavy (non-hydrogen) atoms. The van der Waals surface area contributed by atoms with E-state index < -0.39 is 10.0 Å². The summed E-state index contributed by atoms with van der Waals surface area (Å²) in [6, 6.07) is 4.49. The van der Waals surface area contributed by atoms with Crippen molar-refractivity contribution in [2.24, 2.45) is 0 Å². The minimum Gasteiger partial charge on any atom is -0.339 e. The molecule has 0 unspecified atom stereocenters. The molecule has 0 saturated carbocycles. The number of nitrogens with zero attached hydrogens (tertiary/aromatic N) is 1. The molecule has 2 N–H and O–H groups in total. The third kappa shape index (κ3) is 3.00. The monoisotopic (exact) mass is 298 g/mol. The lowest BCUT2D eigenvalue weighted by atomic mass is 10.1. The van der Waals surface area contributed by atoms with Crippen molar-refractivity contribution in [1.29, 1.82) is 0 Å². The van der Waals surface area contributed by atoms with Gasteiger partial charge >= 0.3 is 0 Å². The molecule has 1 aromatic carbocycles. The summed E-state index contributed by atoms with van der Waals surface area (Å²) in [5, 5.41) is 8.72. The number of amides is 1. The minimum atomic E-state index is -3.98. The summed E-state index contributed by atoms with van der Waals surface area (Å²) >= 11 is 0. The molecule has 2 rings (SSSR count). The number of likely N-dealkylation sites (tertiary alicyclic amines) is 1. The highest BCUT2D eigenvalue weighted by Crippen LogP contribution is 2.19. The van der Waals surface area contributed by atoms with E-state index in [9.17, 15) is 13.2 Å². The van der Waals surface area contributed by atoms with Gasteiger partial charge in [0.2, 0.25) is 0 Å². The molecule has 6 nitrogen and oxygen atoms in total. The highest BCUT2D eigenvalue weighted by atomic mass is 32.2. The number of rotatable bonds is 3. The molecule has 1 fully saturated rings. The number of carbonyl (C=O) groups is 1. The average Bonchev–Trinajstić information content (AvgIpc) is 2.47. The van der Waals surface area contributed by atoms with Crippen LogP contribution in [0.2, 0.25) is 0 Å². The molecule has 1 aliphatic heterocycles. The van der Waals surface area contributed by atoms with Gasteiger partial charge in [-0.2, -0.15) is 0 Å². The van der Waals surface area contributed by atoms with E-state index in [1.807, 2.05) is 0 Å². The molecular weight excluding hydrogens is 280 g/mol. The fraction of sp³-hybridized carbons (Fsp3) is 0.462. The van der Waals surface area contributed by atoms with E-state index in [1.165, 1.54) is 11.0 Å². The zero-order valence-electron chi connectivity index (χ0n) is 11.3. The van der Waals surface area contributed by atoms with Crippen LogP contribution < -0.4 is 4.89 Å². The van der Waals surface area contributed by atoms with Crippen LogP contribution >= 0.6 is 0 Å². The van der Waals surface area contributed by atoms with E-state index in [-0.39, 0.29) is 10.8 Å². The van der Waals surface area contributed by atoms with Crippen LogP contribution in [0.1, 0.15) is 35.2 Å². The molecule has 0 atom stereocenters. The van der Waals surface area contributed by atoms with Gasteiger partial charge in [0.25, 0.3) is 15.9 Å². The molecule has 1 heterocycles. The van der Waals surface area contributed by atoms with Crippen LogP contribution in [0.25, 0.3) is 0 Å². The summed E-state index contributed by atoms with van der Waals surface area (Å²) in [5.74, 6) is -0.168. The van der Waals surface area contributed by atoms with E-state index in [4.69, 9.17) is 5.21 Å². The van der Waals surface area contributed by atoms with Crippen LogP contribution in [-0.2, 0) is 10.0 Å². The zero-order valence-corrected chi connectivity index (χ0v) is 12.1. The first kappa shape index (κ1) is 15.0. The van der Waals surface area contributed by atoms with Gasteiger partial charge in [0.15, 0.2) is 0 Å². The van der Waals surface area contributed by atoms with E-state index >= 15 is 0 Å². The molecule has 1 saturated heterocycles. The Hall–Kier alpha value is -1.44. The van der Waals surface area contributed by atoms with Crippen molar-refractivity contribution < 1.29 is 18.4 Å². The van der Waals surface area contributed by atoms with Crippen LogP contribution in [0.15, 0.2) is 23.1 Å². The van der Waals surface area contributed by atoms with Gasteiger partial charge in [-0.15, -0.1) is 0 Å². The van der Waals surface area contributed by atoms with Crippen LogP contribution in [-0.4, -0.2) is 37.5 Å². The second-order valence-electron chi connectivity index (χ2n) is 4.93. The molecule has 1 amide bonds. The molecule has 110 valence electrons. The van der Waals surface area contributed by atoms with Crippen LogP contribution in [0, 0.1) is 6.92 Å². The van der Waals surface area contributed by atoms with Crippen molar-refractivity contribution in [2.45, 2.75) is 31.1 Å². The van der Waals surface area contributed by atoms with Crippen molar-refractivity contribution in [3.63, 3.8) is 0 Å². The number of hydrogen-bond donors (Lipinski definition) is 2. The Morgan fingerprint density at radius 2 is 1.90 bits per heavy atom. The maximum Gasteiger partial charge on any atom is 0.262 e. The number of benzene rings is 1. The third-order valence-corrected chi connectivity index (χ3v) is 4.75. The van der Waals surface area contributed by atoms with E-state index in [2.05, 4.69) is 0 Å². The molecule has 7 heteroatoms. The fourth-order valence-corrected chi connectivity index (χ4v) is 3.22. The van der Waals surface area contributed by atoms with E-state index in [0.717, 1.165) is 19.3 Å². The minimum absolute atomic E-state index is 0.0807.